The lowest BCUT2D eigenvalue weighted by atomic mass is 9.96. The summed E-state index contributed by atoms with van der Waals surface area (Å²) in [6, 6.07) is 6.70. The minimum atomic E-state index is -0.267. The number of nitrogens with zero attached hydrogens (tertiary/aromatic N) is 3. The fourth-order valence-corrected chi connectivity index (χ4v) is 3.10. The Morgan fingerprint density at radius 2 is 2.11 bits per heavy atom. The maximum atomic E-state index is 12.4. The van der Waals surface area contributed by atoms with E-state index in [4.69, 9.17) is 24.2 Å². The number of hydrogen-bond acceptors (Lipinski definition) is 5. The summed E-state index contributed by atoms with van der Waals surface area (Å²) in [6.45, 7) is 1.23. The molecule has 3 rings (SSSR count). The molecule has 0 atom stereocenters. The van der Waals surface area contributed by atoms with Gasteiger partial charge in [-0.2, -0.15) is 5.10 Å². The third kappa shape index (κ3) is 4.83. The Morgan fingerprint density at radius 1 is 1.37 bits per heavy atom. The van der Waals surface area contributed by atoms with Crippen molar-refractivity contribution in [2.45, 2.75) is 18.9 Å². The molecule has 2 aromatic rings. The van der Waals surface area contributed by atoms with Gasteiger partial charge in [-0.05, 0) is 18.2 Å². The third-order valence-electron chi connectivity index (χ3n) is 4.48. The van der Waals surface area contributed by atoms with Crippen molar-refractivity contribution < 1.29 is 9.53 Å². The van der Waals surface area contributed by atoms with Crippen molar-refractivity contribution in [1.29, 1.82) is 0 Å². The van der Waals surface area contributed by atoms with Crippen molar-refractivity contribution in [3.05, 3.63) is 45.8 Å². The molecule has 1 aliphatic heterocycles. The number of nitrogens with one attached hydrogen (secondary N) is 1. The van der Waals surface area contributed by atoms with E-state index in [1.54, 1.807) is 36.2 Å². The number of aromatic nitrogens is 2. The Bertz CT molecular complexity index is 881. The van der Waals surface area contributed by atoms with Gasteiger partial charge in [-0.3, -0.25) is 9.59 Å². The van der Waals surface area contributed by atoms with Crippen LogP contribution < -0.4 is 21.1 Å². The van der Waals surface area contributed by atoms with Gasteiger partial charge < -0.3 is 15.0 Å². The number of benzene rings is 1. The molecule has 1 amide bonds. The first-order chi connectivity index (χ1) is 12.9. The van der Waals surface area contributed by atoms with Gasteiger partial charge in [0.05, 0.1) is 11.6 Å². The zero-order chi connectivity index (χ0) is 19.4. The molecule has 2 heterocycles. The van der Waals surface area contributed by atoms with Gasteiger partial charge in [0.25, 0.3) is 5.56 Å². The minimum absolute atomic E-state index is 0.0196. The molecule has 7 nitrogen and oxygen atoms in total. The summed E-state index contributed by atoms with van der Waals surface area (Å²) in [5, 5.41) is 7.26. The lowest BCUT2D eigenvalue weighted by molar-refractivity contribution is -0.131. The number of likely N-dealkylation sites (tertiary alicyclic amines) is 1. The molecule has 1 aromatic heterocycles. The first kappa shape index (κ1) is 19.3. The maximum absolute atomic E-state index is 12.4. The highest BCUT2D eigenvalue weighted by Crippen LogP contribution is 2.26. The molecule has 0 spiro atoms. The van der Waals surface area contributed by atoms with Crippen molar-refractivity contribution in [3.8, 4) is 5.75 Å². The summed E-state index contributed by atoms with van der Waals surface area (Å²) in [7, 11) is 7.33. The van der Waals surface area contributed by atoms with Gasteiger partial charge in [0, 0.05) is 39.2 Å². The second kappa shape index (κ2) is 8.48. The van der Waals surface area contributed by atoms with Gasteiger partial charge in [0.2, 0.25) is 5.91 Å². The van der Waals surface area contributed by atoms with Gasteiger partial charge in [0.15, 0.2) is 0 Å². The zero-order valence-electron chi connectivity index (χ0n) is 15.0. The average Bonchev–Trinajstić information content (AvgIpc) is 2.66. The second-order valence-electron chi connectivity index (χ2n) is 6.42. The molecular weight excluding hydrogens is 366 g/mol. The fourth-order valence-electron chi connectivity index (χ4n) is 2.94. The van der Waals surface area contributed by atoms with Gasteiger partial charge >= 0.3 is 0 Å². The predicted octanol–water partition coefficient (Wildman–Crippen LogP) is 0.709. The summed E-state index contributed by atoms with van der Waals surface area (Å²) in [5.41, 5.74) is 0.683. The van der Waals surface area contributed by atoms with E-state index < -0.39 is 0 Å². The van der Waals surface area contributed by atoms with Crippen LogP contribution in [0.3, 0.4) is 0 Å². The van der Waals surface area contributed by atoms with E-state index in [0.29, 0.717) is 47.9 Å². The van der Waals surface area contributed by atoms with Gasteiger partial charge in [-0.1, -0.05) is 23.1 Å². The molecule has 1 aromatic carbocycles. The lowest BCUT2D eigenvalue weighted by Crippen LogP contribution is -2.44. The van der Waals surface area contributed by atoms with Crippen molar-refractivity contribution in [2.24, 2.45) is 7.05 Å². The molecule has 0 aliphatic carbocycles. The minimum Gasteiger partial charge on any atom is -0.489 e. The van der Waals surface area contributed by atoms with Crippen molar-refractivity contribution in [2.75, 3.05) is 25.0 Å². The van der Waals surface area contributed by atoms with E-state index in [2.05, 4.69) is 10.4 Å². The van der Waals surface area contributed by atoms with Crippen LogP contribution in [0.5, 0.6) is 5.75 Å². The Morgan fingerprint density at radius 3 is 2.85 bits per heavy atom. The van der Waals surface area contributed by atoms with Crippen LogP contribution in [-0.2, 0) is 11.8 Å². The quantitative estimate of drug-likeness (QED) is 0.766. The van der Waals surface area contributed by atoms with Gasteiger partial charge in [0.1, 0.15) is 25.4 Å². The Balaban J connectivity index is 1.50. The number of halogens is 1. The first-order valence-electron chi connectivity index (χ1n) is 8.69. The highest BCUT2D eigenvalue weighted by atomic mass is 35.5. The molecule has 0 unspecified atom stereocenters. The molecular formula is C18H20BClN4O3. The number of amides is 1. The zero-order valence-corrected chi connectivity index (χ0v) is 15.8. The van der Waals surface area contributed by atoms with E-state index in [1.807, 2.05) is 0 Å². The van der Waals surface area contributed by atoms with E-state index in [-0.39, 0.29) is 24.1 Å². The van der Waals surface area contributed by atoms with Crippen LogP contribution >= 0.6 is 11.6 Å². The van der Waals surface area contributed by atoms with Crippen LogP contribution in [-0.4, -0.2) is 54.2 Å². The number of aryl methyl sites for hydroxylation is 1. The van der Waals surface area contributed by atoms with Crippen molar-refractivity contribution in [1.82, 2.24) is 14.7 Å². The fraction of sp³-hybridized carbons (Fsp3) is 0.389. The number of hydrogen-bond donors (Lipinski definition) is 1. The number of ether oxygens (including phenoxy) is 1. The summed E-state index contributed by atoms with van der Waals surface area (Å²) in [6.07, 6.45) is 2.90. The standard InChI is InChI=1S/C18H20BClN4O3/c1-23-18(26)15(4-7-22-23)21-11-17(25)24-8-5-13(6-9-24)27-16-10-12(19)2-3-14(16)20/h2-4,7,10,13,21H,5-6,8-9,11H2,1H3. The summed E-state index contributed by atoms with van der Waals surface area (Å²) < 4.78 is 7.16. The van der Waals surface area contributed by atoms with Crippen LogP contribution in [0.1, 0.15) is 12.8 Å². The molecule has 140 valence electrons. The van der Waals surface area contributed by atoms with Crippen molar-refractivity contribution in [3.63, 3.8) is 0 Å². The summed E-state index contributed by atoms with van der Waals surface area (Å²) in [4.78, 5) is 26.1. The van der Waals surface area contributed by atoms with E-state index >= 15 is 0 Å². The lowest BCUT2D eigenvalue weighted by Gasteiger charge is -2.32. The van der Waals surface area contributed by atoms with Crippen LogP contribution in [0, 0.1) is 0 Å². The molecule has 1 N–H and O–H groups in total. The molecule has 1 fully saturated rings. The molecule has 2 radical (unpaired) electrons. The Hall–Kier alpha value is -2.48. The van der Waals surface area contributed by atoms with Crippen LogP contribution in [0.2, 0.25) is 5.02 Å². The number of carbonyl (C=O) groups excluding carboxylic acids is 1. The number of piperidine rings is 1. The Kier molecular flexibility index (Phi) is 6.06. The Labute approximate surface area is 163 Å². The monoisotopic (exact) mass is 386 g/mol. The SMILES string of the molecule is [B]c1ccc(Cl)c(OC2CCN(C(=O)CNc3ccnn(C)c3=O)CC2)c1. The topological polar surface area (TPSA) is 76.5 Å². The molecule has 0 saturated carbocycles. The van der Waals surface area contributed by atoms with E-state index in [0.717, 1.165) is 0 Å². The highest BCUT2D eigenvalue weighted by molar-refractivity contribution is 6.35. The molecule has 9 heteroatoms. The van der Waals surface area contributed by atoms with Crippen LogP contribution in [0.15, 0.2) is 35.3 Å². The summed E-state index contributed by atoms with van der Waals surface area (Å²) in [5.74, 6) is 0.506. The molecule has 27 heavy (non-hydrogen) atoms. The van der Waals surface area contributed by atoms with E-state index in [9.17, 15) is 9.59 Å². The van der Waals surface area contributed by atoms with Gasteiger partial charge in [-0.25, -0.2) is 4.68 Å². The highest BCUT2D eigenvalue weighted by Gasteiger charge is 2.24. The predicted molar refractivity (Wildman–Crippen MR) is 105 cm³/mol. The summed E-state index contributed by atoms with van der Waals surface area (Å²) >= 11 is 6.13. The molecule has 1 saturated heterocycles. The molecule has 1 aliphatic rings. The number of carbonyl (C=O) groups is 1. The van der Waals surface area contributed by atoms with Crippen LogP contribution in [0.4, 0.5) is 5.69 Å². The number of anilines is 1. The van der Waals surface area contributed by atoms with Gasteiger partial charge in [-0.15, -0.1) is 0 Å². The van der Waals surface area contributed by atoms with E-state index in [1.165, 1.54) is 10.9 Å². The normalized spacial score (nSPS) is 14.8. The number of rotatable bonds is 5. The smallest absolute Gasteiger partial charge is 0.289 e. The maximum Gasteiger partial charge on any atom is 0.289 e. The van der Waals surface area contributed by atoms with Crippen LogP contribution in [0.25, 0.3) is 0 Å². The third-order valence-corrected chi connectivity index (χ3v) is 4.79. The second-order valence-corrected chi connectivity index (χ2v) is 6.82. The largest absolute Gasteiger partial charge is 0.489 e. The van der Waals surface area contributed by atoms with Crippen molar-refractivity contribution >= 4 is 36.5 Å². The first-order valence-corrected chi connectivity index (χ1v) is 9.07. The molecule has 0 bridgehead atoms. The average molecular weight is 387 g/mol.